The molecule has 3 fully saturated rings. The third kappa shape index (κ3) is 2.62. The third-order valence-corrected chi connectivity index (χ3v) is 5.71. The maximum absolute atomic E-state index is 10.5. The summed E-state index contributed by atoms with van der Waals surface area (Å²) in [4.78, 5) is 2.66. The fourth-order valence-corrected chi connectivity index (χ4v) is 4.55. The summed E-state index contributed by atoms with van der Waals surface area (Å²) in [7, 11) is 0. The Hall–Kier alpha value is -0.910. The highest BCUT2D eigenvalue weighted by Crippen LogP contribution is 2.42. The molecule has 1 saturated carbocycles. The van der Waals surface area contributed by atoms with Gasteiger partial charge in [0.25, 0.3) is 0 Å². The molecule has 3 heterocycles. The number of aromatic nitrogens is 2. The predicted molar refractivity (Wildman–Crippen MR) is 78.9 cm³/mol. The van der Waals surface area contributed by atoms with E-state index in [0.29, 0.717) is 17.9 Å². The molecule has 0 spiro atoms. The van der Waals surface area contributed by atoms with Gasteiger partial charge in [0.1, 0.15) is 0 Å². The molecule has 1 aliphatic carbocycles. The average molecular weight is 291 g/mol. The van der Waals surface area contributed by atoms with Crippen LogP contribution in [0, 0.1) is 11.8 Å². The third-order valence-electron chi connectivity index (χ3n) is 5.71. The topological polar surface area (TPSA) is 50.5 Å². The highest BCUT2D eigenvalue weighted by molar-refractivity contribution is 4.97. The highest BCUT2D eigenvalue weighted by Gasteiger charge is 2.44. The van der Waals surface area contributed by atoms with Crippen LogP contribution in [0.2, 0.25) is 0 Å². The van der Waals surface area contributed by atoms with E-state index in [9.17, 15) is 5.11 Å². The molecular formula is C16H25N3O2. The maximum atomic E-state index is 10.5. The molecular weight excluding hydrogens is 266 g/mol. The van der Waals surface area contributed by atoms with Crippen molar-refractivity contribution in [2.45, 2.75) is 43.9 Å². The Morgan fingerprint density at radius 2 is 1.86 bits per heavy atom. The van der Waals surface area contributed by atoms with E-state index in [4.69, 9.17) is 4.74 Å². The largest absolute Gasteiger partial charge is 0.391 e. The average Bonchev–Trinajstić information content (AvgIpc) is 3.16. The molecule has 1 aromatic heterocycles. The number of aliphatic hydroxyl groups is 1. The van der Waals surface area contributed by atoms with Crippen molar-refractivity contribution in [3.8, 4) is 0 Å². The summed E-state index contributed by atoms with van der Waals surface area (Å²) in [5.41, 5.74) is 0. The van der Waals surface area contributed by atoms with Gasteiger partial charge in [0.15, 0.2) is 0 Å². The molecule has 0 aromatic carbocycles. The standard InChI is InChI=1S/C16H25N3O2/c20-16-9-13-11-18(14-2-6-21-7-3-14)10-12(13)8-15(16)19-5-1-4-17-19/h1,4-5,12-16,20H,2-3,6-11H2/t12-,13+,15-,16-/m0/s1. The zero-order valence-electron chi connectivity index (χ0n) is 12.5. The van der Waals surface area contributed by atoms with E-state index >= 15 is 0 Å². The van der Waals surface area contributed by atoms with Crippen molar-refractivity contribution in [1.82, 2.24) is 14.7 Å². The van der Waals surface area contributed by atoms with Gasteiger partial charge in [0, 0.05) is 44.7 Å². The Labute approximate surface area is 125 Å². The van der Waals surface area contributed by atoms with E-state index in [2.05, 4.69) is 10.00 Å². The van der Waals surface area contributed by atoms with Gasteiger partial charge in [-0.3, -0.25) is 9.58 Å². The van der Waals surface area contributed by atoms with Crippen LogP contribution in [0.3, 0.4) is 0 Å². The minimum atomic E-state index is -0.249. The molecule has 1 N–H and O–H groups in total. The van der Waals surface area contributed by atoms with Gasteiger partial charge in [0.2, 0.25) is 0 Å². The first-order chi connectivity index (χ1) is 10.3. The highest BCUT2D eigenvalue weighted by atomic mass is 16.5. The van der Waals surface area contributed by atoms with Crippen molar-refractivity contribution in [2.75, 3.05) is 26.3 Å². The lowest BCUT2D eigenvalue weighted by molar-refractivity contribution is 0.0303. The number of hydrogen-bond acceptors (Lipinski definition) is 4. The van der Waals surface area contributed by atoms with Crippen LogP contribution in [-0.4, -0.2) is 58.2 Å². The van der Waals surface area contributed by atoms with E-state index in [1.165, 1.54) is 19.4 Å². The summed E-state index contributed by atoms with van der Waals surface area (Å²) in [6.07, 6.45) is 7.87. The number of ether oxygens (including phenoxy) is 1. The van der Waals surface area contributed by atoms with Crippen molar-refractivity contribution in [3.63, 3.8) is 0 Å². The number of fused-ring (bicyclic) bond motifs is 1. The van der Waals surface area contributed by atoms with Crippen LogP contribution in [-0.2, 0) is 4.74 Å². The van der Waals surface area contributed by atoms with Crippen molar-refractivity contribution >= 4 is 0 Å². The van der Waals surface area contributed by atoms with Crippen LogP contribution < -0.4 is 0 Å². The Balaban J connectivity index is 1.43. The SMILES string of the molecule is O[C@H]1C[C@@H]2CN(C3CCOCC3)C[C@@H]2C[C@@H]1n1cccn1. The molecule has 4 atom stereocenters. The molecule has 4 rings (SSSR count). The first-order valence-corrected chi connectivity index (χ1v) is 8.30. The molecule has 116 valence electrons. The molecule has 1 aromatic rings. The molecule has 2 saturated heterocycles. The minimum absolute atomic E-state index is 0.163. The van der Waals surface area contributed by atoms with Gasteiger partial charge in [-0.25, -0.2) is 0 Å². The van der Waals surface area contributed by atoms with Crippen LogP contribution in [0.15, 0.2) is 18.5 Å². The Morgan fingerprint density at radius 3 is 2.57 bits per heavy atom. The van der Waals surface area contributed by atoms with Crippen LogP contribution >= 0.6 is 0 Å². The van der Waals surface area contributed by atoms with E-state index in [0.717, 1.165) is 32.6 Å². The fraction of sp³-hybridized carbons (Fsp3) is 0.812. The minimum Gasteiger partial charge on any atom is -0.391 e. The lowest BCUT2D eigenvalue weighted by Crippen LogP contribution is -2.38. The smallest absolute Gasteiger partial charge is 0.0781 e. The van der Waals surface area contributed by atoms with Gasteiger partial charge in [-0.2, -0.15) is 5.10 Å². The van der Waals surface area contributed by atoms with E-state index in [-0.39, 0.29) is 12.1 Å². The lowest BCUT2D eigenvalue weighted by Gasteiger charge is -2.35. The van der Waals surface area contributed by atoms with Crippen molar-refractivity contribution in [1.29, 1.82) is 0 Å². The summed E-state index contributed by atoms with van der Waals surface area (Å²) in [6, 6.07) is 2.81. The van der Waals surface area contributed by atoms with Crippen molar-refractivity contribution < 1.29 is 9.84 Å². The summed E-state index contributed by atoms with van der Waals surface area (Å²) in [6.45, 7) is 4.18. The number of nitrogens with zero attached hydrogens (tertiary/aromatic N) is 3. The number of hydrogen-bond donors (Lipinski definition) is 1. The normalized spacial score (nSPS) is 38.5. The monoisotopic (exact) mass is 291 g/mol. The van der Waals surface area contributed by atoms with Gasteiger partial charge < -0.3 is 9.84 Å². The second-order valence-electron chi connectivity index (χ2n) is 6.91. The van der Waals surface area contributed by atoms with Gasteiger partial charge in [-0.15, -0.1) is 0 Å². The van der Waals surface area contributed by atoms with Gasteiger partial charge >= 0.3 is 0 Å². The number of rotatable bonds is 2. The fourth-order valence-electron chi connectivity index (χ4n) is 4.55. The quantitative estimate of drug-likeness (QED) is 0.892. The second-order valence-corrected chi connectivity index (χ2v) is 6.91. The predicted octanol–water partition coefficient (Wildman–Crippen LogP) is 1.31. The molecule has 21 heavy (non-hydrogen) atoms. The second kappa shape index (κ2) is 5.71. The molecule has 0 amide bonds. The summed E-state index contributed by atoms with van der Waals surface area (Å²) < 4.78 is 7.44. The summed E-state index contributed by atoms with van der Waals surface area (Å²) in [5.74, 6) is 1.38. The van der Waals surface area contributed by atoms with Crippen molar-refractivity contribution in [2.24, 2.45) is 11.8 Å². The lowest BCUT2D eigenvalue weighted by atomic mass is 9.77. The van der Waals surface area contributed by atoms with Gasteiger partial charge in [-0.1, -0.05) is 0 Å². The number of likely N-dealkylation sites (tertiary alicyclic amines) is 1. The Morgan fingerprint density at radius 1 is 1.10 bits per heavy atom. The van der Waals surface area contributed by atoms with E-state index < -0.39 is 0 Å². The summed E-state index contributed by atoms with van der Waals surface area (Å²) >= 11 is 0. The van der Waals surface area contributed by atoms with Crippen LogP contribution in [0.25, 0.3) is 0 Å². The van der Waals surface area contributed by atoms with Gasteiger partial charge in [0.05, 0.1) is 12.1 Å². The van der Waals surface area contributed by atoms with Crippen LogP contribution in [0.5, 0.6) is 0 Å². The molecule has 5 heteroatoms. The van der Waals surface area contributed by atoms with E-state index in [1.807, 2.05) is 23.1 Å². The van der Waals surface area contributed by atoms with E-state index in [1.54, 1.807) is 0 Å². The zero-order valence-corrected chi connectivity index (χ0v) is 12.5. The summed E-state index contributed by atoms with van der Waals surface area (Å²) in [5, 5.41) is 14.8. The Kier molecular flexibility index (Phi) is 3.73. The number of aliphatic hydroxyl groups excluding tert-OH is 1. The van der Waals surface area contributed by atoms with Crippen LogP contribution in [0.4, 0.5) is 0 Å². The molecule has 2 aliphatic heterocycles. The van der Waals surface area contributed by atoms with Crippen LogP contribution in [0.1, 0.15) is 31.7 Å². The molecule has 5 nitrogen and oxygen atoms in total. The Bertz CT molecular complexity index is 458. The first kappa shape index (κ1) is 13.7. The molecule has 3 aliphatic rings. The maximum Gasteiger partial charge on any atom is 0.0781 e. The molecule has 0 radical (unpaired) electrons. The molecule has 0 unspecified atom stereocenters. The first-order valence-electron chi connectivity index (χ1n) is 8.30. The molecule has 0 bridgehead atoms. The van der Waals surface area contributed by atoms with Gasteiger partial charge in [-0.05, 0) is 43.6 Å². The zero-order chi connectivity index (χ0) is 14.2. The van der Waals surface area contributed by atoms with Crippen molar-refractivity contribution in [3.05, 3.63) is 18.5 Å².